The first kappa shape index (κ1) is 20.5. The van der Waals surface area contributed by atoms with Gasteiger partial charge in [-0.1, -0.05) is 56.3 Å². The second-order valence-corrected chi connectivity index (χ2v) is 6.67. The lowest BCUT2D eigenvalue weighted by molar-refractivity contribution is -0.125. The Morgan fingerprint density at radius 1 is 1.00 bits per heavy atom. The van der Waals surface area contributed by atoms with Crippen molar-refractivity contribution in [3.63, 3.8) is 0 Å². The molecule has 0 aliphatic heterocycles. The van der Waals surface area contributed by atoms with Crippen LogP contribution in [0.4, 0.5) is 0 Å². The van der Waals surface area contributed by atoms with E-state index in [9.17, 15) is 9.59 Å². The van der Waals surface area contributed by atoms with E-state index in [0.29, 0.717) is 23.8 Å². The summed E-state index contributed by atoms with van der Waals surface area (Å²) in [6.45, 7) is 6.16. The molecule has 0 heterocycles. The first-order chi connectivity index (χ1) is 13.0. The molecule has 1 amide bonds. The average Bonchev–Trinajstić information content (AvgIpc) is 2.66. The quantitative estimate of drug-likeness (QED) is 0.675. The SMILES string of the molecule is CCOc1ccccc1C(=O)OCC(=O)N[C@@H](CC(C)C)c1ccccc1. The fourth-order valence-corrected chi connectivity index (χ4v) is 2.80. The van der Waals surface area contributed by atoms with Crippen molar-refractivity contribution in [2.24, 2.45) is 5.92 Å². The molecule has 2 rings (SSSR count). The van der Waals surface area contributed by atoms with Crippen LogP contribution in [0.2, 0.25) is 0 Å². The molecular formula is C22H27NO4. The van der Waals surface area contributed by atoms with Crippen LogP contribution in [0.3, 0.4) is 0 Å². The summed E-state index contributed by atoms with van der Waals surface area (Å²) in [5, 5.41) is 2.96. The summed E-state index contributed by atoms with van der Waals surface area (Å²) in [6.07, 6.45) is 0.802. The summed E-state index contributed by atoms with van der Waals surface area (Å²) < 4.78 is 10.6. The highest BCUT2D eigenvalue weighted by atomic mass is 16.5. The second kappa shape index (κ2) is 10.4. The van der Waals surface area contributed by atoms with Gasteiger partial charge < -0.3 is 14.8 Å². The number of ether oxygens (including phenoxy) is 2. The Bertz CT molecular complexity index is 743. The topological polar surface area (TPSA) is 64.6 Å². The van der Waals surface area contributed by atoms with Crippen molar-refractivity contribution in [2.75, 3.05) is 13.2 Å². The Labute approximate surface area is 160 Å². The molecule has 1 N–H and O–H groups in total. The Hall–Kier alpha value is -2.82. The number of benzene rings is 2. The number of carbonyl (C=O) groups is 2. The Kier molecular flexibility index (Phi) is 7.86. The van der Waals surface area contributed by atoms with Crippen molar-refractivity contribution < 1.29 is 19.1 Å². The maximum Gasteiger partial charge on any atom is 0.342 e. The van der Waals surface area contributed by atoms with Crippen LogP contribution < -0.4 is 10.1 Å². The van der Waals surface area contributed by atoms with Gasteiger partial charge in [0.1, 0.15) is 11.3 Å². The Morgan fingerprint density at radius 2 is 1.67 bits per heavy atom. The molecule has 5 nitrogen and oxygen atoms in total. The largest absolute Gasteiger partial charge is 0.493 e. The van der Waals surface area contributed by atoms with Crippen LogP contribution in [0.1, 0.15) is 49.2 Å². The van der Waals surface area contributed by atoms with E-state index in [1.165, 1.54) is 0 Å². The summed E-state index contributed by atoms with van der Waals surface area (Å²) in [6, 6.07) is 16.5. The van der Waals surface area contributed by atoms with Crippen LogP contribution in [-0.4, -0.2) is 25.1 Å². The van der Waals surface area contributed by atoms with E-state index in [1.807, 2.05) is 37.3 Å². The van der Waals surface area contributed by atoms with Crippen molar-refractivity contribution in [1.82, 2.24) is 5.32 Å². The minimum atomic E-state index is -0.575. The molecule has 5 heteroatoms. The van der Waals surface area contributed by atoms with E-state index in [4.69, 9.17) is 9.47 Å². The van der Waals surface area contributed by atoms with Gasteiger partial charge in [0.2, 0.25) is 0 Å². The summed E-state index contributed by atoms with van der Waals surface area (Å²) in [4.78, 5) is 24.6. The molecule has 0 radical (unpaired) electrons. The fourth-order valence-electron chi connectivity index (χ4n) is 2.80. The lowest BCUT2D eigenvalue weighted by Crippen LogP contribution is -2.33. The second-order valence-electron chi connectivity index (χ2n) is 6.67. The number of para-hydroxylation sites is 1. The molecule has 0 bridgehead atoms. The maximum absolute atomic E-state index is 12.3. The van der Waals surface area contributed by atoms with Crippen molar-refractivity contribution in [2.45, 2.75) is 33.2 Å². The van der Waals surface area contributed by atoms with E-state index >= 15 is 0 Å². The number of rotatable bonds is 9. The van der Waals surface area contributed by atoms with Gasteiger partial charge in [-0.15, -0.1) is 0 Å². The van der Waals surface area contributed by atoms with Gasteiger partial charge in [0, 0.05) is 0 Å². The fraction of sp³-hybridized carbons (Fsp3) is 0.364. The standard InChI is InChI=1S/C22H27NO4/c1-4-26-20-13-9-8-12-18(20)22(25)27-15-21(24)23-19(14-16(2)3)17-10-6-5-7-11-17/h5-13,16,19H,4,14-15H2,1-3H3,(H,23,24)/t19-/m0/s1. The molecule has 0 aromatic heterocycles. The summed E-state index contributed by atoms with van der Waals surface area (Å²) in [5.41, 5.74) is 1.35. The zero-order valence-corrected chi connectivity index (χ0v) is 16.1. The molecule has 0 unspecified atom stereocenters. The molecule has 0 aliphatic carbocycles. The van der Waals surface area contributed by atoms with E-state index < -0.39 is 5.97 Å². The lowest BCUT2D eigenvalue weighted by Gasteiger charge is -2.21. The van der Waals surface area contributed by atoms with Crippen LogP contribution in [0, 0.1) is 5.92 Å². The van der Waals surface area contributed by atoms with Gasteiger partial charge in [-0.05, 0) is 37.0 Å². The summed E-state index contributed by atoms with van der Waals surface area (Å²) in [5.74, 6) is -0.0374. The molecule has 0 saturated carbocycles. The van der Waals surface area contributed by atoms with Crippen molar-refractivity contribution >= 4 is 11.9 Å². The van der Waals surface area contributed by atoms with Crippen LogP contribution in [0.5, 0.6) is 5.75 Å². The molecule has 0 saturated heterocycles. The van der Waals surface area contributed by atoms with Crippen molar-refractivity contribution in [3.8, 4) is 5.75 Å². The monoisotopic (exact) mass is 369 g/mol. The predicted molar refractivity (Wildman–Crippen MR) is 105 cm³/mol. The first-order valence-corrected chi connectivity index (χ1v) is 9.24. The number of nitrogens with one attached hydrogen (secondary N) is 1. The minimum Gasteiger partial charge on any atom is -0.493 e. The van der Waals surface area contributed by atoms with Crippen LogP contribution >= 0.6 is 0 Å². The molecule has 27 heavy (non-hydrogen) atoms. The zero-order chi connectivity index (χ0) is 19.6. The normalized spacial score (nSPS) is 11.7. The van der Waals surface area contributed by atoms with Gasteiger partial charge in [0.15, 0.2) is 6.61 Å². The van der Waals surface area contributed by atoms with Gasteiger partial charge >= 0.3 is 5.97 Å². The molecular weight excluding hydrogens is 342 g/mol. The molecule has 144 valence electrons. The third-order valence-corrected chi connectivity index (χ3v) is 3.99. The average molecular weight is 369 g/mol. The summed E-state index contributed by atoms with van der Waals surface area (Å²) >= 11 is 0. The van der Waals surface area contributed by atoms with E-state index in [-0.39, 0.29) is 18.6 Å². The van der Waals surface area contributed by atoms with E-state index in [1.54, 1.807) is 24.3 Å². The molecule has 2 aromatic rings. The van der Waals surface area contributed by atoms with Gasteiger partial charge in [-0.3, -0.25) is 4.79 Å². The third-order valence-electron chi connectivity index (χ3n) is 3.99. The van der Waals surface area contributed by atoms with Gasteiger partial charge in [-0.25, -0.2) is 4.79 Å². The predicted octanol–water partition coefficient (Wildman–Crippen LogP) is 4.15. The van der Waals surface area contributed by atoms with Crippen LogP contribution in [-0.2, 0) is 9.53 Å². The van der Waals surface area contributed by atoms with E-state index in [2.05, 4.69) is 19.2 Å². The number of esters is 1. The van der Waals surface area contributed by atoms with Crippen molar-refractivity contribution in [1.29, 1.82) is 0 Å². The minimum absolute atomic E-state index is 0.117. The maximum atomic E-state index is 12.3. The summed E-state index contributed by atoms with van der Waals surface area (Å²) in [7, 11) is 0. The number of hydrogen-bond acceptors (Lipinski definition) is 4. The number of amides is 1. The number of hydrogen-bond donors (Lipinski definition) is 1. The van der Waals surface area contributed by atoms with Crippen LogP contribution in [0.25, 0.3) is 0 Å². The highest BCUT2D eigenvalue weighted by Gasteiger charge is 2.19. The van der Waals surface area contributed by atoms with Crippen LogP contribution in [0.15, 0.2) is 54.6 Å². The van der Waals surface area contributed by atoms with Gasteiger partial charge in [-0.2, -0.15) is 0 Å². The number of carbonyl (C=O) groups excluding carboxylic acids is 2. The highest BCUT2D eigenvalue weighted by Crippen LogP contribution is 2.21. The molecule has 0 aliphatic rings. The first-order valence-electron chi connectivity index (χ1n) is 9.24. The Morgan fingerprint density at radius 3 is 2.33 bits per heavy atom. The molecule has 0 spiro atoms. The molecule has 0 fully saturated rings. The van der Waals surface area contributed by atoms with Crippen molar-refractivity contribution in [3.05, 3.63) is 65.7 Å². The highest BCUT2D eigenvalue weighted by molar-refractivity contribution is 5.94. The Balaban J connectivity index is 1.97. The smallest absolute Gasteiger partial charge is 0.342 e. The van der Waals surface area contributed by atoms with E-state index in [0.717, 1.165) is 12.0 Å². The van der Waals surface area contributed by atoms with Gasteiger partial charge in [0.05, 0.1) is 12.6 Å². The third kappa shape index (κ3) is 6.44. The van der Waals surface area contributed by atoms with Gasteiger partial charge in [0.25, 0.3) is 5.91 Å². The zero-order valence-electron chi connectivity index (χ0n) is 16.1. The lowest BCUT2D eigenvalue weighted by atomic mass is 9.97. The molecule has 1 atom stereocenters. The molecule has 2 aromatic carbocycles.